The van der Waals surface area contributed by atoms with Crippen molar-refractivity contribution in [2.24, 2.45) is 0 Å². The van der Waals surface area contributed by atoms with Crippen LogP contribution in [-0.2, 0) is 4.74 Å². The van der Waals surface area contributed by atoms with Crippen molar-refractivity contribution in [3.63, 3.8) is 0 Å². The Kier molecular flexibility index (Phi) is 3.98. The van der Waals surface area contributed by atoms with Crippen molar-refractivity contribution < 1.29 is 9.53 Å². The first-order valence-corrected chi connectivity index (χ1v) is 7.67. The van der Waals surface area contributed by atoms with E-state index in [9.17, 15) is 4.79 Å². The van der Waals surface area contributed by atoms with E-state index in [-0.39, 0.29) is 6.09 Å². The molecule has 0 saturated heterocycles. The summed E-state index contributed by atoms with van der Waals surface area (Å²) in [6.07, 6.45) is 5.76. The molecule has 0 fully saturated rings. The van der Waals surface area contributed by atoms with Gasteiger partial charge in [-0.1, -0.05) is 6.08 Å². The molecule has 3 heterocycles. The van der Waals surface area contributed by atoms with Gasteiger partial charge < -0.3 is 9.64 Å². The predicted octanol–water partition coefficient (Wildman–Crippen LogP) is 3.05. The number of rotatable bonds is 1. The highest BCUT2D eigenvalue weighted by Crippen LogP contribution is 2.25. The Morgan fingerprint density at radius 2 is 2.09 bits per heavy atom. The molecule has 23 heavy (non-hydrogen) atoms. The molecule has 6 heteroatoms. The molecule has 0 unspecified atom stereocenters. The normalized spacial score (nSPS) is 15.4. The number of carbonyl (C=O) groups is 1. The fourth-order valence-electron chi connectivity index (χ4n) is 2.50. The molecule has 0 N–H and O–H groups in total. The van der Waals surface area contributed by atoms with Gasteiger partial charge in [-0.05, 0) is 44.9 Å². The number of hydrogen-bond acceptors (Lipinski definition) is 5. The zero-order valence-corrected chi connectivity index (χ0v) is 13.6. The Bertz CT molecular complexity index is 759. The van der Waals surface area contributed by atoms with Crippen LogP contribution in [0.2, 0.25) is 0 Å². The number of carbonyl (C=O) groups excluding carboxylic acids is 1. The number of nitrogens with zero attached hydrogens (tertiary/aromatic N) is 4. The first-order chi connectivity index (χ1) is 10.9. The fourth-order valence-corrected chi connectivity index (χ4v) is 2.50. The topological polar surface area (TPSA) is 68.2 Å². The van der Waals surface area contributed by atoms with Crippen LogP contribution in [0.25, 0.3) is 16.6 Å². The smallest absolute Gasteiger partial charge is 0.410 e. The van der Waals surface area contributed by atoms with Crippen molar-refractivity contribution >= 4 is 22.7 Å². The Hall–Kier alpha value is -2.50. The minimum atomic E-state index is -0.478. The Morgan fingerprint density at radius 3 is 2.78 bits per heavy atom. The Labute approximate surface area is 135 Å². The van der Waals surface area contributed by atoms with Crippen LogP contribution >= 0.6 is 0 Å². The molecule has 1 amide bonds. The standard InChI is InChI=1S/C17H20N4O2/c1-17(2,3)23-16(22)21-9-6-12(7-10-21)14-15-13(19-11-20-14)5-4-8-18-15/h4-6,8,11H,7,9-10H2,1-3H3. The van der Waals surface area contributed by atoms with Crippen LogP contribution in [0.1, 0.15) is 32.9 Å². The summed E-state index contributed by atoms with van der Waals surface area (Å²) in [5, 5.41) is 0. The van der Waals surface area contributed by atoms with Crippen molar-refractivity contribution in [2.45, 2.75) is 32.8 Å². The van der Waals surface area contributed by atoms with Gasteiger partial charge in [0.25, 0.3) is 0 Å². The fraction of sp³-hybridized carbons (Fsp3) is 0.412. The van der Waals surface area contributed by atoms with Gasteiger partial charge in [0.05, 0.1) is 11.2 Å². The molecule has 2 aromatic rings. The number of pyridine rings is 1. The molecule has 0 aliphatic carbocycles. The van der Waals surface area contributed by atoms with Crippen LogP contribution in [0.15, 0.2) is 30.7 Å². The van der Waals surface area contributed by atoms with Crippen molar-refractivity contribution in [2.75, 3.05) is 13.1 Å². The molecule has 2 aromatic heterocycles. The average molecular weight is 312 g/mol. The minimum absolute atomic E-state index is 0.279. The second-order valence-electron chi connectivity index (χ2n) is 6.50. The van der Waals surface area contributed by atoms with Gasteiger partial charge in [-0.15, -0.1) is 0 Å². The van der Waals surface area contributed by atoms with Crippen LogP contribution in [0.5, 0.6) is 0 Å². The first kappa shape index (κ1) is 15.4. The van der Waals surface area contributed by atoms with Crippen LogP contribution in [0, 0.1) is 0 Å². The van der Waals surface area contributed by atoms with Gasteiger partial charge in [0.15, 0.2) is 0 Å². The number of hydrogen-bond donors (Lipinski definition) is 0. The van der Waals surface area contributed by atoms with Crippen molar-refractivity contribution in [1.29, 1.82) is 0 Å². The second kappa shape index (κ2) is 5.95. The number of fused-ring (bicyclic) bond motifs is 1. The second-order valence-corrected chi connectivity index (χ2v) is 6.50. The third kappa shape index (κ3) is 3.47. The van der Waals surface area contributed by atoms with Gasteiger partial charge >= 0.3 is 6.09 Å². The third-order valence-electron chi connectivity index (χ3n) is 3.56. The van der Waals surface area contributed by atoms with E-state index in [1.165, 1.54) is 0 Å². The summed E-state index contributed by atoms with van der Waals surface area (Å²) in [7, 11) is 0. The van der Waals surface area contributed by atoms with E-state index in [1.807, 2.05) is 39.0 Å². The van der Waals surface area contributed by atoms with E-state index in [0.29, 0.717) is 13.1 Å². The molecule has 0 atom stereocenters. The van der Waals surface area contributed by atoms with Crippen molar-refractivity contribution in [1.82, 2.24) is 19.9 Å². The van der Waals surface area contributed by atoms with E-state index in [4.69, 9.17) is 4.74 Å². The SMILES string of the molecule is CC(C)(C)OC(=O)N1CC=C(c2ncnc3cccnc23)CC1. The van der Waals surface area contributed by atoms with E-state index in [2.05, 4.69) is 15.0 Å². The monoisotopic (exact) mass is 312 g/mol. The largest absolute Gasteiger partial charge is 0.444 e. The Balaban J connectivity index is 1.80. The molecule has 0 bridgehead atoms. The summed E-state index contributed by atoms with van der Waals surface area (Å²) in [6, 6.07) is 3.78. The molecule has 120 valence electrons. The summed E-state index contributed by atoms with van der Waals surface area (Å²) < 4.78 is 5.41. The highest BCUT2D eigenvalue weighted by molar-refractivity contribution is 5.86. The predicted molar refractivity (Wildman–Crippen MR) is 87.7 cm³/mol. The molecular formula is C17H20N4O2. The quantitative estimate of drug-likeness (QED) is 0.809. The van der Waals surface area contributed by atoms with Gasteiger partial charge in [0.2, 0.25) is 0 Å². The number of ether oxygens (including phenoxy) is 1. The average Bonchev–Trinajstić information content (AvgIpc) is 2.53. The maximum Gasteiger partial charge on any atom is 0.410 e. The molecule has 1 aliphatic heterocycles. The molecular weight excluding hydrogens is 292 g/mol. The number of amides is 1. The van der Waals surface area contributed by atoms with Crippen LogP contribution < -0.4 is 0 Å². The van der Waals surface area contributed by atoms with E-state index < -0.39 is 5.60 Å². The van der Waals surface area contributed by atoms with Crippen LogP contribution in [0.4, 0.5) is 4.79 Å². The zero-order valence-electron chi connectivity index (χ0n) is 13.6. The number of aromatic nitrogens is 3. The molecule has 0 saturated carbocycles. The minimum Gasteiger partial charge on any atom is -0.444 e. The lowest BCUT2D eigenvalue weighted by Gasteiger charge is -2.29. The van der Waals surface area contributed by atoms with Crippen LogP contribution in [-0.4, -0.2) is 44.6 Å². The van der Waals surface area contributed by atoms with Crippen molar-refractivity contribution in [3.8, 4) is 0 Å². The zero-order chi connectivity index (χ0) is 16.4. The first-order valence-electron chi connectivity index (χ1n) is 7.67. The third-order valence-corrected chi connectivity index (χ3v) is 3.56. The summed E-state index contributed by atoms with van der Waals surface area (Å²) in [4.78, 5) is 26.8. The van der Waals surface area contributed by atoms with Gasteiger partial charge in [0.1, 0.15) is 17.4 Å². The Morgan fingerprint density at radius 1 is 1.26 bits per heavy atom. The van der Waals surface area contributed by atoms with E-state index in [1.54, 1.807) is 17.4 Å². The molecule has 0 aromatic carbocycles. The molecule has 0 spiro atoms. The van der Waals surface area contributed by atoms with E-state index >= 15 is 0 Å². The van der Waals surface area contributed by atoms with Gasteiger partial charge in [-0.3, -0.25) is 4.98 Å². The molecule has 6 nitrogen and oxygen atoms in total. The van der Waals surface area contributed by atoms with E-state index in [0.717, 1.165) is 28.7 Å². The lowest BCUT2D eigenvalue weighted by Crippen LogP contribution is -2.39. The lowest BCUT2D eigenvalue weighted by molar-refractivity contribution is 0.0270. The summed E-state index contributed by atoms with van der Waals surface area (Å²) in [5.74, 6) is 0. The van der Waals surface area contributed by atoms with Gasteiger partial charge in [0, 0.05) is 19.3 Å². The highest BCUT2D eigenvalue weighted by Gasteiger charge is 2.24. The molecule has 3 rings (SSSR count). The summed E-state index contributed by atoms with van der Waals surface area (Å²) in [6.45, 7) is 6.74. The summed E-state index contributed by atoms with van der Waals surface area (Å²) in [5.41, 5.74) is 3.09. The summed E-state index contributed by atoms with van der Waals surface area (Å²) >= 11 is 0. The highest BCUT2D eigenvalue weighted by atomic mass is 16.6. The maximum absolute atomic E-state index is 12.1. The molecule has 0 radical (unpaired) electrons. The maximum atomic E-state index is 12.1. The van der Waals surface area contributed by atoms with Crippen LogP contribution in [0.3, 0.4) is 0 Å². The van der Waals surface area contributed by atoms with Gasteiger partial charge in [-0.25, -0.2) is 14.8 Å². The van der Waals surface area contributed by atoms with Gasteiger partial charge in [-0.2, -0.15) is 0 Å². The lowest BCUT2D eigenvalue weighted by atomic mass is 10.0. The molecule has 1 aliphatic rings. The van der Waals surface area contributed by atoms with Crippen molar-refractivity contribution in [3.05, 3.63) is 36.4 Å².